The molecule has 3 rings (SSSR count). The average Bonchev–Trinajstić information content (AvgIpc) is 2.74. The lowest BCUT2D eigenvalue weighted by atomic mass is 9.91. The Morgan fingerprint density at radius 2 is 1.83 bits per heavy atom. The Bertz CT molecular complexity index is 429. The molecule has 2 unspecified atom stereocenters. The van der Waals surface area contributed by atoms with E-state index in [1.807, 2.05) is 0 Å². The van der Waals surface area contributed by atoms with Gasteiger partial charge in [0.2, 0.25) is 0 Å². The van der Waals surface area contributed by atoms with Crippen LogP contribution in [0.2, 0.25) is 0 Å². The van der Waals surface area contributed by atoms with Crippen molar-refractivity contribution in [2.75, 3.05) is 24.5 Å². The van der Waals surface area contributed by atoms with Crippen molar-refractivity contribution in [1.82, 2.24) is 5.32 Å². The molecule has 0 aliphatic carbocycles. The van der Waals surface area contributed by atoms with Crippen LogP contribution in [0.15, 0.2) is 12.1 Å². The molecule has 2 saturated heterocycles. The summed E-state index contributed by atoms with van der Waals surface area (Å²) >= 11 is 0. The maximum Gasteiger partial charge on any atom is 0.0426 e. The highest BCUT2D eigenvalue weighted by molar-refractivity contribution is 5.60. The molecule has 0 spiro atoms. The van der Waals surface area contributed by atoms with Gasteiger partial charge >= 0.3 is 0 Å². The molecule has 98 valence electrons. The van der Waals surface area contributed by atoms with Crippen LogP contribution in [0.3, 0.4) is 0 Å². The van der Waals surface area contributed by atoms with E-state index in [9.17, 15) is 0 Å². The van der Waals surface area contributed by atoms with Gasteiger partial charge in [-0.15, -0.1) is 0 Å². The van der Waals surface area contributed by atoms with Crippen LogP contribution >= 0.6 is 0 Å². The molecule has 1 N–H and O–H groups in total. The third-order valence-electron chi connectivity index (χ3n) is 4.63. The molecule has 1 aromatic rings. The van der Waals surface area contributed by atoms with Crippen molar-refractivity contribution in [3.63, 3.8) is 0 Å². The Kier molecular flexibility index (Phi) is 3.06. The average molecular weight is 244 g/mol. The van der Waals surface area contributed by atoms with Crippen LogP contribution in [0.4, 0.5) is 5.69 Å². The van der Waals surface area contributed by atoms with Crippen molar-refractivity contribution < 1.29 is 0 Å². The summed E-state index contributed by atoms with van der Waals surface area (Å²) < 4.78 is 0. The first-order chi connectivity index (χ1) is 8.65. The minimum atomic E-state index is 0.721. The molecule has 1 aromatic carbocycles. The lowest BCUT2D eigenvalue weighted by Gasteiger charge is -2.38. The smallest absolute Gasteiger partial charge is 0.0426 e. The fraction of sp³-hybridized carbons (Fsp3) is 0.625. The number of piperidine rings is 1. The molecule has 0 amide bonds. The zero-order valence-corrected chi connectivity index (χ0v) is 11.8. The molecule has 2 nitrogen and oxygen atoms in total. The topological polar surface area (TPSA) is 15.3 Å². The number of fused-ring (bicyclic) bond motifs is 1. The summed E-state index contributed by atoms with van der Waals surface area (Å²) in [5.41, 5.74) is 5.73. The standard InChI is InChI=1S/C16H24N2/c1-11-8-12(2)16(13(3)9-11)18-7-5-14-4-6-17-15(14)10-18/h8-9,14-15,17H,4-7,10H2,1-3H3. The maximum absolute atomic E-state index is 3.67. The third kappa shape index (κ3) is 2.03. The van der Waals surface area contributed by atoms with Crippen molar-refractivity contribution in [3.05, 3.63) is 28.8 Å². The quantitative estimate of drug-likeness (QED) is 0.817. The van der Waals surface area contributed by atoms with Gasteiger partial charge in [-0.3, -0.25) is 0 Å². The van der Waals surface area contributed by atoms with Gasteiger partial charge < -0.3 is 10.2 Å². The number of rotatable bonds is 1. The van der Waals surface area contributed by atoms with Crippen LogP contribution in [-0.2, 0) is 0 Å². The predicted molar refractivity (Wildman–Crippen MR) is 77.4 cm³/mol. The zero-order valence-electron chi connectivity index (χ0n) is 11.8. The lowest BCUT2D eigenvalue weighted by Crippen LogP contribution is -2.46. The number of hydrogen-bond donors (Lipinski definition) is 1. The minimum absolute atomic E-state index is 0.721. The first kappa shape index (κ1) is 12.0. The normalized spacial score (nSPS) is 27.4. The van der Waals surface area contributed by atoms with E-state index in [-0.39, 0.29) is 0 Å². The molecule has 0 bridgehead atoms. The predicted octanol–water partition coefficient (Wildman–Crippen LogP) is 2.80. The van der Waals surface area contributed by atoms with E-state index < -0.39 is 0 Å². The summed E-state index contributed by atoms with van der Waals surface area (Å²) in [7, 11) is 0. The first-order valence-corrected chi connectivity index (χ1v) is 7.21. The van der Waals surface area contributed by atoms with Crippen molar-refractivity contribution in [1.29, 1.82) is 0 Å². The molecule has 0 saturated carbocycles. The highest BCUT2D eigenvalue weighted by Crippen LogP contribution is 2.32. The molecular formula is C16H24N2. The second-order valence-electron chi connectivity index (χ2n) is 6.09. The molecule has 2 heterocycles. The van der Waals surface area contributed by atoms with Gasteiger partial charge in [-0.1, -0.05) is 17.7 Å². The number of hydrogen-bond acceptors (Lipinski definition) is 2. The molecule has 2 aliphatic rings. The number of benzene rings is 1. The van der Waals surface area contributed by atoms with Crippen LogP contribution < -0.4 is 10.2 Å². The van der Waals surface area contributed by atoms with Crippen molar-refractivity contribution >= 4 is 5.69 Å². The van der Waals surface area contributed by atoms with Crippen molar-refractivity contribution in [2.24, 2.45) is 5.92 Å². The molecule has 2 aliphatic heterocycles. The van der Waals surface area contributed by atoms with E-state index in [1.165, 1.54) is 54.9 Å². The van der Waals surface area contributed by atoms with Gasteiger partial charge in [0.25, 0.3) is 0 Å². The SMILES string of the molecule is Cc1cc(C)c(N2CCC3CCNC3C2)c(C)c1. The molecule has 18 heavy (non-hydrogen) atoms. The van der Waals surface area contributed by atoms with E-state index in [4.69, 9.17) is 0 Å². The maximum atomic E-state index is 3.67. The molecular weight excluding hydrogens is 220 g/mol. The second kappa shape index (κ2) is 4.58. The summed E-state index contributed by atoms with van der Waals surface area (Å²) in [6.45, 7) is 10.3. The fourth-order valence-electron chi connectivity index (χ4n) is 3.91. The Labute approximate surface area is 110 Å². The highest BCUT2D eigenvalue weighted by atomic mass is 15.2. The Balaban J connectivity index is 1.87. The van der Waals surface area contributed by atoms with Gasteiger partial charge in [0.05, 0.1) is 0 Å². The van der Waals surface area contributed by atoms with Crippen LogP contribution in [0.1, 0.15) is 29.5 Å². The first-order valence-electron chi connectivity index (χ1n) is 7.21. The van der Waals surface area contributed by atoms with Crippen LogP contribution in [0.25, 0.3) is 0 Å². The van der Waals surface area contributed by atoms with Gasteiger partial charge in [-0.05, 0) is 57.2 Å². The summed E-state index contributed by atoms with van der Waals surface area (Å²) in [6.07, 6.45) is 2.73. The monoisotopic (exact) mass is 244 g/mol. The Morgan fingerprint density at radius 3 is 2.56 bits per heavy atom. The minimum Gasteiger partial charge on any atom is -0.370 e. The lowest BCUT2D eigenvalue weighted by molar-refractivity contribution is 0.373. The third-order valence-corrected chi connectivity index (χ3v) is 4.63. The van der Waals surface area contributed by atoms with Gasteiger partial charge in [-0.25, -0.2) is 0 Å². The van der Waals surface area contributed by atoms with E-state index >= 15 is 0 Å². The van der Waals surface area contributed by atoms with E-state index in [0.29, 0.717) is 0 Å². The van der Waals surface area contributed by atoms with Gasteiger partial charge in [0.15, 0.2) is 0 Å². The second-order valence-corrected chi connectivity index (χ2v) is 6.09. The Hall–Kier alpha value is -1.02. The molecule has 0 radical (unpaired) electrons. The molecule has 2 heteroatoms. The van der Waals surface area contributed by atoms with Crippen LogP contribution in [-0.4, -0.2) is 25.7 Å². The summed E-state index contributed by atoms with van der Waals surface area (Å²) in [6, 6.07) is 5.35. The van der Waals surface area contributed by atoms with E-state index in [1.54, 1.807) is 0 Å². The van der Waals surface area contributed by atoms with Crippen LogP contribution in [0, 0.1) is 26.7 Å². The highest BCUT2D eigenvalue weighted by Gasteiger charge is 2.33. The summed E-state index contributed by atoms with van der Waals surface area (Å²) in [4.78, 5) is 2.60. The van der Waals surface area contributed by atoms with Gasteiger partial charge in [0.1, 0.15) is 0 Å². The molecule has 0 aromatic heterocycles. The zero-order chi connectivity index (χ0) is 12.7. The van der Waals surface area contributed by atoms with Gasteiger partial charge in [-0.2, -0.15) is 0 Å². The summed E-state index contributed by atoms with van der Waals surface area (Å²) in [5.74, 6) is 0.923. The Morgan fingerprint density at radius 1 is 1.11 bits per heavy atom. The summed E-state index contributed by atoms with van der Waals surface area (Å²) in [5, 5.41) is 3.67. The van der Waals surface area contributed by atoms with Crippen LogP contribution in [0.5, 0.6) is 0 Å². The number of nitrogens with one attached hydrogen (secondary N) is 1. The van der Waals surface area contributed by atoms with Crippen molar-refractivity contribution in [2.45, 2.75) is 39.7 Å². The van der Waals surface area contributed by atoms with E-state index in [2.05, 4.69) is 43.1 Å². The molecule has 2 atom stereocenters. The number of nitrogens with zero attached hydrogens (tertiary/aromatic N) is 1. The van der Waals surface area contributed by atoms with E-state index in [0.717, 1.165) is 12.0 Å². The molecule has 2 fully saturated rings. The largest absolute Gasteiger partial charge is 0.370 e. The fourth-order valence-corrected chi connectivity index (χ4v) is 3.91. The number of aryl methyl sites for hydroxylation is 3. The van der Waals surface area contributed by atoms with Gasteiger partial charge in [0, 0.05) is 24.8 Å². The number of anilines is 1. The van der Waals surface area contributed by atoms with Crippen molar-refractivity contribution in [3.8, 4) is 0 Å².